The van der Waals surface area contributed by atoms with Gasteiger partial charge in [-0.05, 0) is 50.8 Å². The van der Waals surface area contributed by atoms with Crippen molar-refractivity contribution < 1.29 is 9.59 Å². The van der Waals surface area contributed by atoms with E-state index in [4.69, 9.17) is 5.26 Å². The SMILES string of the molecule is CC(=O)c1ccc(C#N)cc1N1CCC(C(=O)N2CCCC2)CC1. The summed E-state index contributed by atoms with van der Waals surface area (Å²) >= 11 is 0. The molecule has 0 spiro atoms. The minimum absolute atomic E-state index is 0.00440. The molecule has 0 bridgehead atoms. The Morgan fingerprint density at radius 1 is 1.12 bits per heavy atom. The van der Waals surface area contributed by atoms with Gasteiger partial charge in [-0.15, -0.1) is 0 Å². The molecule has 5 heteroatoms. The monoisotopic (exact) mass is 325 g/mol. The molecule has 1 aromatic rings. The number of hydrogen-bond donors (Lipinski definition) is 0. The van der Waals surface area contributed by atoms with Gasteiger partial charge >= 0.3 is 0 Å². The molecule has 3 rings (SSSR count). The number of nitrogens with zero attached hydrogens (tertiary/aromatic N) is 3. The van der Waals surface area contributed by atoms with Crippen LogP contribution in [0.2, 0.25) is 0 Å². The van der Waals surface area contributed by atoms with Crippen LogP contribution in [0.4, 0.5) is 5.69 Å². The number of anilines is 1. The number of amides is 1. The van der Waals surface area contributed by atoms with E-state index in [1.54, 1.807) is 25.1 Å². The van der Waals surface area contributed by atoms with Crippen LogP contribution in [0.15, 0.2) is 18.2 Å². The van der Waals surface area contributed by atoms with Gasteiger partial charge in [-0.1, -0.05) is 0 Å². The van der Waals surface area contributed by atoms with Crippen LogP contribution in [0.25, 0.3) is 0 Å². The predicted molar refractivity (Wildman–Crippen MR) is 91.9 cm³/mol. The molecule has 0 aliphatic carbocycles. The van der Waals surface area contributed by atoms with Crippen molar-refractivity contribution in [2.24, 2.45) is 5.92 Å². The van der Waals surface area contributed by atoms with E-state index < -0.39 is 0 Å². The van der Waals surface area contributed by atoms with Crippen molar-refractivity contribution >= 4 is 17.4 Å². The minimum Gasteiger partial charge on any atom is -0.371 e. The van der Waals surface area contributed by atoms with Crippen LogP contribution >= 0.6 is 0 Å². The summed E-state index contributed by atoms with van der Waals surface area (Å²) in [7, 11) is 0. The molecule has 2 aliphatic heterocycles. The Bertz CT molecular complexity index is 678. The maximum Gasteiger partial charge on any atom is 0.225 e. The van der Waals surface area contributed by atoms with Crippen molar-refractivity contribution in [2.45, 2.75) is 32.6 Å². The van der Waals surface area contributed by atoms with Crippen molar-refractivity contribution in [1.82, 2.24) is 4.90 Å². The maximum absolute atomic E-state index is 12.5. The average molecular weight is 325 g/mol. The fourth-order valence-corrected chi connectivity index (χ4v) is 3.72. The highest BCUT2D eigenvalue weighted by molar-refractivity contribution is 6.00. The van der Waals surface area contributed by atoms with E-state index in [-0.39, 0.29) is 11.7 Å². The average Bonchev–Trinajstić information content (AvgIpc) is 3.15. The highest BCUT2D eigenvalue weighted by Gasteiger charge is 2.30. The van der Waals surface area contributed by atoms with E-state index in [0.717, 1.165) is 57.5 Å². The summed E-state index contributed by atoms with van der Waals surface area (Å²) in [4.78, 5) is 28.6. The second-order valence-electron chi connectivity index (χ2n) is 6.69. The second-order valence-corrected chi connectivity index (χ2v) is 6.69. The van der Waals surface area contributed by atoms with Gasteiger partial charge in [0, 0.05) is 43.3 Å². The highest BCUT2D eigenvalue weighted by atomic mass is 16.2. The molecular weight excluding hydrogens is 302 g/mol. The van der Waals surface area contributed by atoms with E-state index in [9.17, 15) is 9.59 Å². The van der Waals surface area contributed by atoms with Crippen molar-refractivity contribution in [3.8, 4) is 6.07 Å². The minimum atomic E-state index is 0.00440. The van der Waals surface area contributed by atoms with Gasteiger partial charge in [0.1, 0.15) is 0 Å². The largest absolute Gasteiger partial charge is 0.371 e. The lowest BCUT2D eigenvalue weighted by atomic mass is 9.94. The molecule has 5 nitrogen and oxygen atoms in total. The zero-order valence-electron chi connectivity index (χ0n) is 14.1. The summed E-state index contributed by atoms with van der Waals surface area (Å²) in [5.74, 6) is 0.397. The summed E-state index contributed by atoms with van der Waals surface area (Å²) in [5.41, 5.74) is 2.04. The van der Waals surface area contributed by atoms with Gasteiger partial charge in [-0.2, -0.15) is 5.26 Å². The van der Waals surface area contributed by atoms with Crippen LogP contribution in [0.3, 0.4) is 0 Å². The first kappa shape index (κ1) is 16.5. The van der Waals surface area contributed by atoms with Crippen LogP contribution in [0.5, 0.6) is 0 Å². The van der Waals surface area contributed by atoms with Gasteiger partial charge in [-0.25, -0.2) is 0 Å². The molecular formula is C19H23N3O2. The molecule has 2 heterocycles. The lowest BCUT2D eigenvalue weighted by molar-refractivity contribution is -0.135. The van der Waals surface area contributed by atoms with E-state index in [0.29, 0.717) is 17.0 Å². The molecule has 0 unspecified atom stereocenters. The van der Waals surface area contributed by atoms with Crippen molar-refractivity contribution in [3.63, 3.8) is 0 Å². The number of rotatable bonds is 3. The first-order valence-electron chi connectivity index (χ1n) is 8.69. The van der Waals surface area contributed by atoms with Crippen LogP contribution in [-0.2, 0) is 4.79 Å². The third-order valence-electron chi connectivity index (χ3n) is 5.11. The fraction of sp³-hybridized carbons (Fsp3) is 0.526. The number of ketones is 1. The number of piperidine rings is 1. The molecule has 24 heavy (non-hydrogen) atoms. The Kier molecular flexibility index (Phi) is 4.84. The molecule has 2 saturated heterocycles. The number of likely N-dealkylation sites (tertiary alicyclic amines) is 1. The lowest BCUT2D eigenvalue weighted by Gasteiger charge is -2.35. The van der Waals surface area contributed by atoms with Gasteiger partial charge < -0.3 is 9.80 Å². The van der Waals surface area contributed by atoms with Crippen molar-refractivity contribution in [2.75, 3.05) is 31.1 Å². The predicted octanol–water partition coefficient (Wildman–Crippen LogP) is 2.60. The van der Waals surface area contributed by atoms with Gasteiger partial charge in [0.15, 0.2) is 5.78 Å². The maximum atomic E-state index is 12.5. The Balaban J connectivity index is 1.71. The Labute approximate surface area is 142 Å². The van der Waals surface area contributed by atoms with Crippen LogP contribution < -0.4 is 4.90 Å². The van der Waals surface area contributed by atoms with Gasteiger partial charge in [0.2, 0.25) is 5.91 Å². The second kappa shape index (κ2) is 7.04. The van der Waals surface area contributed by atoms with Crippen LogP contribution in [-0.4, -0.2) is 42.8 Å². The molecule has 0 atom stereocenters. The first-order valence-corrected chi connectivity index (χ1v) is 8.69. The fourth-order valence-electron chi connectivity index (χ4n) is 3.72. The quantitative estimate of drug-likeness (QED) is 0.801. The standard InChI is InChI=1S/C19H23N3O2/c1-14(23)17-5-4-15(13-20)12-18(17)21-10-6-16(7-11-21)19(24)22-8-2-3-9-22/h4-5,12,16H,2-3,6-11H2,1H3. The molecule has 2 fully saturated rings. The highest BCUT2D eigenvalue weighted by Crippen LogP contribution is 2.29. The van der Waals surface area contributed by atoms with E-state index >= 15 is 0 Å². The molecule has 0 radical (unpaired) electrons. The normalized spacial score (nSPS) is 18.5. The zero-order chi connectivity index (χ0) is 17.1. The van der Waals surface area contributed by atoms with Crippen molar-refractivity contribution in [3.05, 3.63) is 29.3 Å². The molecule has 2 aliphatic rings. The summed E-state index contributed by atoms with van der Waals surface area (Å²) < 4.78 is 0. The number of carbonyl (C=O) groups is 2. The van der Waals surface area contributed by atoms with Crippen molar-refractivity contribution in [1.29, 1.82) is 5.26 Å². The van der Waals surface area contributed by atoms with Crippen LogP contribution in [0, 0.1) is 17.2 Å². The lowest BCUT2D eigenvalue weighted by Crippen LogP contribution is -2.42. The molecule has 0 N–H and O–H groups in total. The van der Waals surface area contributed by atoms with Gasteiger partial charge in [0.05, 0.1) is 11.6 Å². The number of hydrogen-bond acceptors (Lipinski definition) is 4. The Morgan fingerprint density at radius 3 is 2.38 bits per heavy atom. The number of benzene rings is 1. The van der Waals surface area contributed by atoms with E-state index in [2.05, 4.69) is 11.0 Å². The summed E-state index contributed by atoms with van der Waals surface area (Å²) in [5, 5.41) is 9.12. The van der Waals surface area contributed by atoms with Gasteiger partial charge in [-0.3, -0.25) is 9.59 Å². The third-order valence-corrected chi connectivity index (χ3v) is 5.11. The van der Waals surface area contributed by atoms with Gasteiger partial charge in [0.25, 0.3) is 0 Å². The molecule has 126 valence electrons. The topological polar surface area (TPSA) is 64.4 Å². The van der Waals surface area contributed by atoms with E-state index in [1.807, 2.05) is 4.90 Å². The molecule has 1 aromatic carbocycles. The smallest absolute Gasteiger partial charge is 0.225 e. The zero-order valence-corrected chi connectivity index (χ0v) is 14.1. The number of carbonyl (C=O) groups excluding carboxylic acids is 2. The Morgan fingerprint density at radius 2 is 1.79 bits per heavy atom. The third kappa shape index (κ3) is 3.28. The molecule has 1 amide bonds. The van der Waals surface area contributed by atoms with Crippen LogP contribution in [0.1, 0.15) is 48.5 Å². The number of Topliss-reactive ketones (excluding diaryl/α,β-unsaturated/α-hetero) is 1. The summed E-state index contributed by atoms with van der Waals surface area (Å²) in [6.07, 6.45) is 3.86. The first-order chi connectivity index (χ1) is 11.6. The Hall–Kier alpha value is -2.35. The summed E-state index contributed by atoms with van der Waals surface area (Å²) in [6, 6.07) is 7.35. The number of nitriles is 1. The van der Waals surface area contributed by atoms with E-state index in [1.165, 1.54) is 0 Å². The molecule has 0 saturated carbocycles. The molecule has 0 aromatic heterocycles. The summed E-state index contributed by atoms with van der Waals surface area (Å²) in [6.45, 7) is 4.85.